The van der Waals surface area contributed by atoms with Crippen LogP contribution in [0.15, 0.2) is 47.0 Å². The first-order valence-electron chi connectivity index (χ1n) is 6.03. The molecule has 0 saturated heterocycles. The molecule has 0 spiro atoms. The summed E-state index contributed by atoms with van der Waals surface area (Å²) in [6.45, 7) is 0. The van der Waals surface area contributed by atoms with Crippen LogP contribution in [0.5, 0.6) is 0 Å². The van der Waals surface area contributed by atoms with Crippen molar-refractivity contribution in [1.29, 1.82) is 0 Å². The van der Waals surface area contributed by atoms with E-state index in [0.717, 1.165) is 0 Å². The van der Waals surface area contributed by atoms with E-state index in [0.29, 0.717) is 17.7 Å². The van der Waals surface area contributed by atoms with Gasteiger partial charge in [0.05, 0.1) is 11.1 Å². The summed E-state index contributed by atoms with van der Waals surface area (Å²) in [4.78, 5) is 0. The molecule has 0 radical (unpaired) electrons. The third kappa shape index (κ3) is 2.24. The zero-order valence-electron chi connectivity index (χ0n) is 10.6. The van der Waals surface area contributed by atoms with Gasteiger partial charge in [-0.3, -0.25) is 0 Å². The number of nitrogens with two attached hydrogens (primary N) is 1. The van der Waals surface area contributed by atoms with Crippen molar-refractivity contribution in [3.05, 3.63) is 59.9 Å². The highest BCUT2D eigenvalue weighted by Gasteiger charge is 2.24. The monoisotopic (exact) mass is 290 g/mol. The zero-order valence-corrected chi connectivity index (χ0v) is 10.6. The lowest BCUT2D eigenvalue weighted by atomic mass is 10.0. The number of anilines is 1. The van der Waals surface area contributed by atoms with Crippen LogP contribution in [0.2, 0.25) is 0 Å². The molecule has 3 nitrogen and oxygen atoms in total. The Labute approximate surface area is 117 Å². The maximum absolute atomic E-state index is 13.9. The van der Waals surface area contributed by atoms with E-state index in [4.69, 9.17) is 10.3 Å². The van der Waals surface area contributed by atoms with Gasteiger partial charge in [-0.15, -0.1) is 0 Å². The first-order valence-corrected chi connectivity index (χ1v) is 6.03. The Morgan fingerprint density at radius 3 is 2.14 bits per heavy atom. The molecule has 0 bridgehead atoms. The van der Waals surface area contributed by atoms with E-state index in [9.17, 15) is 13.2 Å². The molecule has 2 aromatic carbocycles. The minimum Gasteiger partial charge on any atom is -0.380 e. The normalized spacial score (nSPS) is 10.8. The SMILES string of the molecule is Nc1noc(-c2c(F)cc(F)cc2F)c1-c1ccccc1. The Hall–Kier alpha value is -2.76. The Bertz CT molecular complexity index is 777. The molecule has 0 atom stereocenters. The molecule has 0 aliphatic heterocycles. The fourth-order valence-corrected chi connectivity index (χ4v) is 2.12. The van der Waals surface area contributed by atoms with Gasteiger partial charge in [0.2, 0.25) is 0 Å². The first kappa shape index (κ1) is 13.2. The van der Waals surface area contributed by atoms with Gasteiger partial charge in [0, 0.05) is 12.1 Å². The first-order chi connectivity index (χ1) is 10.1. The quantitative estimate of drug-likeness (QED) is 0.776. The van der Waals surface area contributed by atoms with E-state index in [1.807, 2.05) is 0 Å². The molecule has 0 aliphatic rings. The third-order valence-corrected chi connectivity index (χ3v) is 3.01. The predicted octanol–water partition coefficient (Wildman–Crippen LogP) is 4.01. The number of hydrogen-bond acceptors (Lipinski definition) is 3. The van der Waals surface area contributed by atoms with E-state index in [2.05, 4.69) is 5.16 Å². The van der Waals surface area contributed by atoms with Crippen molar-refractivity contribution in [2.75, 3.05) is 5.73 Å². The highest BCUT2D eigenvalue weighted by molar-refractivity contribution is 5.86. The Balaban J connectivity index is 2.27. The van der Waals surface area contributed by atoms with Gasteiger partial charge in [-0.05, 0) is 5.56 Å². The van der Waals surface area contributed by atoms with Crippen molar-refractivity contribution in [1.82, 2.24) is 5.16 Å². The molecule has 3 aromatic rings. The molecule has 0 amide bonds. The summed E-state index contributed by atoms with van der Waals surface area (Å²) < 4.78 is 45.7. The van der Waals surface area contributed by atoms with Crippen molar-refractivity contribution in [2.45, 2.75) is 0 Å². The zero-order chi connectivity index (χ0) is 15.0. The molecule has 1 heterocycles. The average Bonchev–Trinajstić information content (AvgIpc) is 2.80. The van der Waals surface area contributed by atoms with E-state index in [1.165, 1.54) is 0 Å². The molecule has 106 valence electrons. The summed E-state index contributed by atoms with van der Waals surface area (Å²) in [6, 6.07) is 9.81. The molecule has 3 rings (SSSR count). The minimum absolute atomic E-state index is 0.000625. The van der Waals surface area contributed by atoms with Gasteiger partial charge in [0.15, 0.2) is 11.6 Å². The number of hydrogen-bond donors (Lipinski definition) is 1. The molecule has 0 aliphatic carbocycles. The topological polar surface area (TPSA) is 52.0 Å². The van der Waals surface area contributed by atoms with Crippen molar-refractivity contribution >= 4 is 5.82 Å². The largest absolute Gasteiger partial charge is 0.380 e. The van der Waals surface area contributed by atoms with Crippen LogP contribution in [0.25, 0.3) is 22.5 Å². The smallest absolute Gasteiger partial charge is 0.182 e. The maximum atomic E-state index is 13.9. The Morgan fingerprint density at radius 2 is 1.52 bits per heavy atom. The lowest BCUT2D eigenvalue weighted by Gasteiger charge is -2.05. The molecular weight excluding hydrogens is 281 g/mol. The molecule has 1 aromatic heterocycles. The van der Waals surface area contributed by atoms with Crippen molar-refractivity contribution < 1.29 is 17.7 Å². The fourth-order valence-electron chi connectivity index (χ4n) is 2.12. The standard InChI is InChI=1S/C15H9F3N2O/c16-9-6-10(17)13(11(18)7-9)14-12(15(19)20-21-14)8-4-2-1-3-5-8/h1-7H,(H2,19,20). The second-order valence-electron chi connectivity index (χ2n) is 4.38. The van der Waals surface area contributed by atoms with Gasteiger partial charge in [-0.25, -0.2) is 13.2 Å². The van der Waals surface area contributed by atoms with Crippen LogP contribution < -0.4 is 5.73 Å². The van der Waals surface area contributed by atoms with E-state index in [-0.39, 0.29) is 17.1 Å². The number of nitrogen functional groups attached to an aromatic ring is 1. The second-order valence-corrected chi connectivity index (χ2v) is 4.38. The third-order valence-electron chi connectivity index (χ3n) is 3.01. The molecule has 2 N–H and O–H groups in total. The van der Waals surface area contributed by atoms with Gasteiger partial charge in [0.1, 0.15) is 17.5 Å². The fraction of sp³-hybridized carbons (Fsp3) is 0. The number of benzene rings is 2. The number of rotatable bonds is 2. The number of nitrogens with zero attached hydrogens (tertiary/aromatic N) is 1. The molecule has 0 fully saturated rings. The Kier molecular flexibility index (Phi) is 3.13. The average molecular weight is 290 g/mol. The summed E-state index contributed by atoms with van der Waals surface area (Å²) >= 11 is 0. The molecule has 0 unspecified atom stereocenters. The molecule has 21 heavy (non-hydrogen) atoms. The van der Waals surface area contributed by atoms with Crippen LogP contribution in [-0.2, 0) is 0 Å². The number of halogens is 3. The number of aromatic nitrogens is 1. The van der Waals surface area contributed by atoms with E-state index >= 15 is 0 Å². The van der Waals surface area contributed by atoms with Gasteiger partial charge in [-0.2, -0.15) is 0 Å². The summed E-state index contributed by atoms with van der Waals surface area (Å²) in [5.74, 6) is -3.35. The summed E-state index contributed by atoms with van der Waals surface area (Å²) in [7, 11) is 0. The van der Waals surface area contributed by atoms with Crippen molar-refractivity contribution in [3.63, 3.8) is 0 Å². The van der Waals surface area contributed by atoms with Crippen molar-refractivity contribution in [3.8, 4) is 22.5 Å². The van der Waals surface area contributed by atoms with E-state index in [1.54, 1.807) is 30.3 Å². The second kappa shape index (κ2) is 4.97. The van der Waals surface area contributed by atoms with Crippen LogP contribution in [0.3, 0.4) is 0 Å². The minimum atomic E-state index is -1.08. The highest BCUT2D eigenvalue weighted by Crippen LogP contribution is 2.38. The summed E-state index contributed by atoms with van der Waals surface area (Å²) in [6.07, 6.45) is 0. The Morgan fingerprint density at radius 1 is 0.905 bits per heavy atom. The van der Waals surface area contributed by atoms with Gasteiger partial charge >= 0.3 is 0 Å². The molecule has 0 saturated carbocycles. The summed E-state index contributed by atoms with van der Waals surface area (Å²) in [5, 5.41) is 3.55. The van der Waals surface area contributed by atoms with Crippen LogP contribution >= 0.6 is 0 Å². The maximum Gasteiger partial charge on any atom is 0.182 e. The highest BCUT2D eigenvalue weighted by atomic mass is 19.1. The van der Waals surface area contributed by atoms with E-state index < -0.39 is 23.0 Å². The van der Waals surface area contributed by atoms with Gasteiger partial charge in [0.25, 0.3) is 0 Å². The van der Waals surface area contributed by atoms with Gasteiger partial charge in [-0.1, -0.05) is 35.5 Å². The summed E-state index contributed by atoms with van der Waals surface area (Å²) in [5.41, 5.74) is 6.07. The predicted molar refractivity (Wildman–Crippen MR) is 71.7 cm³/mol. The van der Waals surface area contributed by atoms with Crippen molar-refractivity contribution in [2.24, 2.45) is 0 Å². The molecular formula is C15H9F3N2O. The lowest BCUT2D eigenvalue weighted by Crippen LogP contribution is -1.94. The van der Waals surface area contributed by atoms with Crippen LogP contribution in [0.1, 0.15) is 0 Å². The van der Waals surface area contributed by atoms with Crippen LogP contribution in [0, 0.1) is 17.5 Å². The molecule has 6 heteroatoms. The van der Waals surface area contributed by atoms with Crippen LogP contribution in [-0.4, -0.2) is 5.16 Å². The van der Waals surface area contributed by atoms with Crippen LogP contribution in [0.4, 0.5) is 19.0 Å². The van der Waals surface area contributed by atoms with Gasteiger partial charge < -0.3 is 10.3 Å². The lowest BCUT2D eigenvalue weighted by molar-refractivity contribution is 0.429.